The van der Waals surface area contributed by atoms with Crippen LogP contribution in [0.15, 0.2) is 83.8 Å². The summed E-state index contributed by atoms with van der Waals surface area (Å²) in [6, 6.07) is 21.0. The quantitative estimate of drug-likeness (QED) is 0.521. The van der Waals surface area contributed by atoms with Gasteiger partial charge in [0.15, 0.2) is 0 Å². The largest absolute Gasteiger partial charge is 0.349 e. The van der Waals surface area contributed by atoms with Crippen LogP contribution in [0.1, 0.15) is 43.4 Å². The summed E-state index contributed by atoms with van der Waals surface area (Å²) in [5, 5.41) is 10.3. The molecule has 2 aromatic carbocycles. The van der Waals surface area contributed by atoms with Crippen LogP contribution in [0.25, 0.3) is 0 Å². The smallest absolute Gasteiger partial charge is 0.227 e. The van der Waals surface area contributed by atoms with Crippen molar-refractivity contribution >= 4 is 17.5 Å². The Labute approximate surface area is 225 Å². The maximum absolute atomic E-state index is 12.9. The molecule has 0 aromatic heterocycles. The maximum atomic E-state index is 12.9. The van der Waals surface area contributed by atoms with E-state index in [1.807, 2.05) is 36.5 Å². The summed E-state index contributed by atoms with van der Waals surface area (Å²) in [5.74, 6) is -0.0322. The van der Waals surface area contributed by atoms with Crippen LogP contribution in [-0.4, -0.2) is 71.1 Å². The van der Waals surface area contributed by atoms with Crippen molar-refractivity contribution in [2.75, 3.05) is 32.7 Å². The van der Waals surface area contributed by atoms with Crippen LogP contribution in [0.3, 0.4) is 0 Å². The van der Waals surface area contributed by atoms with Gasteiger partial charge in [-0.1, -0.05) is 66.4 Å². The molecule has 5 rings (SSSR count). The number of rotatable bonds is 9. The van der Waals surface area contributed by atoms with Gasteiger partial charge in [0, 0.05) is 52.1 Å². The average Bonchev–Trinajstić information content (AvgIpc) is 2.91. The third kappa shape index (κ3) is 6.60. The van der Waals surface area contributed by atoms with Crippen molar-refractivity contribution < 1.29 is 9.59 Å². The predicted octanol–water partition coefficient (Wildman–Crippen LogP) is 3.76. The van der Waals surface area contributed by atoms with Gasteiger partial charge < -0.3 is 15.1 Å². The van der Waals surface area contributed by atoms with Gasteiger partial charge in [-0.3, -0.25) is 14.6 Å². The average molecular weight is 512 g/mol. The number of nitrogens with zero attached hydrogens (tertiary/aromatic N) is 4. The van der Waals surface area contributed by atoms with Crippen LogP contribution in [-0.2, 0) is 16.0 Å². The predicted molar refractivity (Wildman–Crippen MR) is 149 cm³/mol. The van der Waals surface area contributed by atoms with Crippen molar-refractivity contribution in [1.82, 2.24) is 20.1 Å². The molecule has 0 aliphatic carbocycles. The van der Waals surface area contributed by atoms with Crippen molar-refractivity contribution in [3.8, 4) is 0 Å². The van der Waals surface area contributed by atoms with E-state index in [9.17, 15) is 9.59 Å². The van der Waals surface area contributed by atoms with Gasteiger partial charge in [0.05, 0.1) is 29.9 Å². The standard InChI is InChI=1S/C31H37N5O2/c1-24(37)35-22-27(23-35)31(38)32-30(26-11-6-3-7-12-26)16-20-34-18-14-29(15-19-34)36-17-8-13-28(33-36)21-25-9-4-2-5-10-25/h2-7,9-13,17,27,29-30H,14-16,18-23H2,1H3,(H,32,38). The Kier molecular flexibility index (Phi) is 8.37. The van der Waals surface area contributed by atoms with Crippen LogP contribution in [0.4, 0.5) is 0 Å². The first kappa shape index (κ1) is 26.0. The van der Waals surface area contributed by atoms with Gasteiger partial charge in [-0.25, -0.2) is 0 Å². The third-order valence-electron chi connectivity index (χ3n) is 7.81. The molecule has 0 radical (unpaired) electrons. The fourth-order valence-electron chi connectivity index (χ4n) is 5.41. The number of hydrogen-bond donors (Lipinski definition) is 1. The minimum Gasteiger partial charge on any atom is -0.349 e. The van der Waals surface area contributed by atoms with Gasteiger partial charge in [0.1, 0.15) is 0 Å². The first-order valence-corrected chi connectivity index (χ1v) is 13.7. The number of amides is 2. The van der Waals surface area contributed by atoms with E-state index in [0.717, 1.165) is 56.6 Å². The van der Waals surface area contributed by atoms with Crippen LogP contribution in [0.2, 0.25) is 0 Å². The molecule has 2 fully saturated rings. The lowest BCUT2D eigenvalue weighted by molar-refractivity contribution is -0.141. The van der Waals surface area contributed by atoms with Crippen LogP contribution in [0, 0.1) is 5.92 Å². The highest BCUT2D eigenvalue weighted by atomic mass is 16.2. The van der Waals surface area contributed by atoms with Gasteiger partial charge >= 0.3 is 0 Å². The molecular formula is C31H37N5O2. The second-order valence-electron chi connectivity index (χ2n) is 10.5. The second-order valence-corrected chi connectivity index (χ2v) is 10.5. The Balaban J connectivity index is 1.12. The summed E-state index contributed by atoms with van der Waals surface area (Å²) in [6.45, 7) is 5.53. The molecule has 38 heavy (non-hydrogen) atoms. The molecule has 0 saturated carbocycles. The maximum Gasteiger partial charge on any atom is 0.227 e. The number of hydrazone groups is 1. The van der Waals surface area contributed by atoms with Crippen LogP contribution < -0.4 is 5.32 Å². The lowest BCUT2D eigenvalue weighted by Gasteiger charge is -2.39. The number of hydrogen-bond acceptors (Lipinski definition) is 5. The molecule has 1 N–H and O–H groups in total. The van der Waals surface area contributed by atoms with E-state index in [1.165, 1.54) is 5.56 Å². The summed E-state index contributed by atoms with van der Waals surface area (Å²) >= 11 is 0. The molecule has 2 aromatic rings. The summed E-state index contributed by atoms with van der Waals surface area (Å²) in [7, 11) is 0. The topological polar surface area (TPSA) is 68.2 Å². The number of piperidine rings is 1. The zero-order valence-electron chi connectivity index (χ0n) is 22.1. The van der Waals surface area contributed by atoms with Crippen LogP contribution in [0.5, 0.6) is 0 Å². The molecule has 3 aliphatic heterocycles. The molecule has 3 aliphatic rings. The third-order valence-corrected chi connectivity index (χ3v) is 7.81. The Bertz CT molecular complexity index is 1190. The number of likely N-dealkylation sites (tertiary alicyclic amines) is 2. The molecule has 2 saturated heterocycles. The highest BCUT2D eigenvalue weighted by Gasteiger charge is 2.35. The van der Waals surface area contributed by atoms with Gasteiger partial charge in [0.2, 0.25) is 11.8 Å². The van der Waals surface area contributed by atoms with Crippen molar-refractivity contribution in [3.63, 3.8) is 0 Å². The van der Waals surface area contributed by atoms with Crippen molar-refractivity contribution in [1.29, 1.82) is 0 Å². The zero-order chi connectivity index (χ0) is 26.3. The number of carbonyl (C=O) groups excluding carboxylic acids is 2. The van der Waals surface area contributed by atoms with E-state index in [2.05, 4.69) is 57.4 Å². The Morgan fingerprint density at radius 2 is 1.71 bits per heavy atom. The Morgan fingerprint density at radius 1 is 1.03 bits per heavy atom. The highest BCUT2D eigenvalue weighted by molar-refractivity contribution is 5.96. The first-order valence-electron chi connectivity index (χ1n) is 13.7. The molecule has 7 nitrogen and oxygen atoms in total. The van der Waals surface area contributed by atoms with Crippen LogP contribution >= 0.6 is 0 Å². The van der Waals surface area contributed by atoms with E-state index < -0.39 is 0 Å². The van der Waals surface area contributed by atoms with Gasteiger partial charge in [-0.2, -0.15) is 5.10 Å². The molecule has 0 spiro atoms. The number of carbonyl (C=O) groups is 2. The molecular weight excluding hydrogens is 474 g/mol. The zero-order valence-corrected chi connectivity index (χ0v) is 22.1. The van der Waals surface area contributed by atoms with E-state index in [1.54, 1.807) is 11.8 Å². The normalized spacial score (nSPS) is 19.1. The lowest BCUT2D eigenvalue weighted by Crippen LogP contribution is -2.55. The molecule has 1 atom stereocenters. The van der Waals surface area contributed by atoms with Crippen molar-refractivity contribution in [3.05, 3.63) is 89.8 Å². The summed E-state index contributed by atoms with van der Waals surface area (Å²) in [5.41, 5.74) is 6.72. The van der Waals surface area contributed by atoms with Crippen molar-refractivity contribution in [2.24, 2.45) is 11.0 Å². The number of nitrogens with one attached hydrogen (secondary N) is 1. The monoisotopic (exact) mass is 511 g/mol. The molecule has 1 unspecified atom stereocenters. The molecule has 0 bridgehead atoms. The van der Waals surface area contributed by atoms with E-state index >= 15 is 0 Å². The minimum absolute atomic E-state index is 0.0336. The lowest BCUT2D eigenvalue weighted by atomic mass is 9.96. The van der Waals surface area contributed by atoms with Gasteiger partial charge in [-0.15, -0.1) is 0 Å². The first-order chi connectivity index (χ1) is 18.5. The fourth-order valence-corrected chi connectivity index (χ4v) is 5.41. The molecule has 198 valence electrons. The number of allylic oxidation sites excluding steroid dienone is 1. The number of benzene rings is 2. The fraction of sp³-hybridized carbons (Fsp3) is 0.419. The summed E-state index contributed by atoms with van der Waals surface area (Å²) in [6.07, 6.45) is 7.73. The second kappa shape index (κ2) is 12.2. The summed E-state index contributed by atoms with van der Waals surface area (Å²) < 4.78 is 0. The minimum atomic E-state index is -0.111. The van der Waals surface area contributed by atoms with E-state index in [-0.39, 0.29) is 23.8 Å². The summed E-state index contributed by atoms with van der Waals surface area (Å²) in [4.78, 5) is 28.6. The van der Waals surface area contributed by atoms with Crippen molar-refractivity contribution in [2.45, 2.75) is 44.7 Å². The van der Waals surface area contributed by atoms with Gasteiger partial charge in [-0.05, 0) is 30.4 Å². The Morgan fingerprint density at radius 3 is 2.39 bits per heavy atom. The SMILES string of the molecule is CC(=O)N1CC(C(=O)NC(CCN2CCC(N3C=C=CC(Cc4ccccc4)=N3)CC2)c2ccccc2)C1. The molecule has 2 amide bonds. The van der Waals surface area contributed by atoms with E-state index in [0.29, 0.717) is 19.1 Å². The molecule has 7 heteroatoms. The Hall–Kier alpha value is -3.67. The van der Waals surface area contributed by atoms with E-state index in [4.69, 9.17) is 5.10 Å². The highest BCUT2D eigenvalue weighted by Crippen LogP contribution is 2.24. The van der Waals surface area contributed by atoms with Gasteiger partial charge in [0.25, 0.3) is 0 Å². The molecule has 3 heterocycles.